The van der Waals surface area contributed by atoms with Crippen LogP contribution < -0.4 is 0 Å². The highest BCUT2D eigenvalue weighted by atomic mass is 16.3. The summed E-state index contributed by atoms with van der Waals surface area (Å²) in [7, 11) is 2.14. The molecule has 3 nitrogen and oxygen atoms in total. The van der Waals surface area contributed by atoms with Crippen LogP contribution in [0.2, 0.25) is 0 Å². The van der Waals surface area contributed by atoms with E-state index in [0.29, 0.717) is 0 Å². The lowest BCUT2D eigenvalue weighted by Crippen LogP contribution is -2.48. The molecule has 0 spiro atoms. The summed E-state index contributed by atoms with van der Waals surface area (Å²) in [4.78, 5) is 4.52. The third kappa shape index (κ3) is 3.95. The number of aliphatic hydroxyl groups is 1. The lowest BCUT2D eigenvalue weighted by atomic mass is 10.1. The first-order valence-corrected chi connectivity index (χ1v) is 5.84. The Morgan fingerprint density at radius 1 is 1.14 bits per heavy atom. The molecule has 1 aliphatic heterocycles. The number of nitrogens with zero attached hydrogens (tertiary/aromatic N) is 2. The van der Waals surface area contributed by atoms with Crippen molar-refractivity contribution in [2.24, 2.45) is 0 Å². The van der Waals surface area contributed by atoms with Gasteiger partial charge in [0.05, 0.1) is 0 Å². The molecule has 1 N–H and O–H groups in total. The molecule has 0 saturated carbocycles. The van der Waals surface area contributed by atoms with E-state index in [1.165, 1.54) is 12.8 Å². The van der Waals surface area contributed by atoms with Crippen LogP contribution in [0.4, 0.5) is 0 Å². The Morgan fingerprint density at radius 2 is 1.79 bits per heavy atom. The molecule has 14 heavy (non-hydrogen) atoms. The van der Waals surface area contributed by atoms with Gasteiger partial charge in [0.15, 0.2) is 0 Å². The van der Waals surface area contributed by atoms with Crippen molar-refractivity contribution in [2.45, 2.75) is 38.8 Å². The first-order chi connectivity index (χ1) is 6.74. The van der Waals surface area contributed by atoms with E-state index in [4.69, 9.17) is 0 Å². The fraction of sp³-hybridized carbons (Fsp3) is 1.00. The predicted octanol–water partition coefficient (Wildman–Crippen LogP) is 1.13. The number of aliphatic hydroxyl groups excluding tert-OH is 1. The molecule has 0 aliphatic carbocycles. The Bertz CT molecular complexity index is 144. The monoisotopic (exact) mass is 200 g/mol. The van der Waals surface area contributed by atoms with Crippen molar-refractivity contribution in [1.82, 2.24) is 9.80 Å². The van der Waals surface area contributed by atoms with Gasteiger partial charge in [0, 0.05) is 26.2 Å². The lowest BCUT2D eigenvalue weighted by Gasteiger charge is -2.35. The van der Waals surface area contributed by atoms with Gasteiger partial charge >= 0.3 is 0 Å². The fourth-order valence-corrected chi connectivity index (χ4v) is 1.88. The average Bonchev–Trinajstić information content (AvgIpc) is 2.19. The van der Waals surface area contributed by atoms with Gasteiger partial charge in [0.25, 0.3) is 0 Å². The zero-order valence-corrected chi connectivity index (χ0v) is 9.58. The largest absolute Gasteiger partial charge is 0.378 e. The molecule has 0 aromatic heterocycles. The number of unbranched alkanes of at least 4 members (excludes halogenated alkanes) is 2. The molecule has 1 heterocycles. The Labute approximate surface area is 87.7 Å². The van der Waals surface area contributed by atoms with Crippen molar-refractivity contribution >= 4 is 0 Å². The highest BCUT2D eigenvalue weighted by molar-refractivity contribution is 4.71. The molecule has 0 amide bonds. The summed E-state index contributed by atoms with van der Waals surface area (Å²) in [5.41, 5.74) is 0. The van der Waals surface area contributed by atoms with Gasteiger partial charge in [-0.25, -0.2) is 0 Å². The number of hydrogen-bond acceptors (Lipinski definition) is 3. The smallest absolute Gasteiger partial charge is 0.107 e. The van der Waals surface area contributed by atoms with Gasteiger partial charge in [-0.2, -0.15) is 0 Å². The number of likely N-dealkylation sites (N-methyl/N-ethyl adjacent to an activating group) is 1. The molecule has 1 fully saturated rings. The van der Waals surface area contributed by atoms with E-state index in [1.807, 2.05) is 0 Å². The van der Waals surface area contributed by atoms with E-state index in [9.17, 15) is 5.11 Å². The molecule has 84 valence electrons. The molecule has 0 radical (unpaired) electrons. The van der Waals surface area contributed by atoms with Crippen LogP contribution in [0.1, 0.15) is 32.6 Å². The van der Waals surface area contributed by atoms with Gasteiger partial charge in [-0.3, -0.25) is 4.90 Å². The molecule has 1 aliphatic rings. The van der Waals surface area contributed by atoms with E-state index in [0.717, 1.165) is 39.0 Å². The van der Waals surface area contributed by atoms with Crippen molar-refractivity contribution in [3.63, 3.8) is 0 Å². The predicted molar refractivity (Wildman–Crippen MR) is 59.2 cm³/mol. The van der Waals surface area contributed by atoms with E-state index in [2.05, 4.69) is 23.8 Å². The molecule has 1 atom stereocenters. The molecular formula is C11H24N2O. The topological polar surface area (TPSA) is 26.7 Å². The maximum Gasteiger partial charge on any atom is 0.107 e. The van der Waals surface area contributed by atoms with E-state index < -0.39 is 0 Å². The molecule has 1 saturated heterocycles. The summed E-state index contributed by atoms with van der Waals surface area (Å²) in [5, 5.41) is 9.89. The Morgan fingerprint density at radius 3 is 2.36 bits per heavy atom. The van der Waals surface area contributed by atoms with Crippen LogP contribution in [0.15, 0.2) is 0 Å². The van der Waals surface area contributed by atoms with Gasteiger partial charge in [-0.15, -0.1) is 0 Å². The second-order valence-corrected chi connectivity index (χ2v) is 4.32. The molecular weight excluding hydrogens is 176 g/mol. The first-order valence-electron chi connectivity index (χ1n) is 5.84. The Balaban J connectivity index is 2.13. The average molecular weight is 200 g/mol. The van der Waals surface area contributed by atoms with Gasteiger partial charge in [-0.05, 0) is 19.9 Å². The second kappa shape index (κ2) is 6.38. The third-order valence-corrected chi connectivity index (χ3v) is 3.03. The highest BCUT2D eigenvalue weighted by Gasteiger charge is 2.19. The Hall–Kier alpha value is -0.120. The molecule has 0 bridgehead atoms. The standard InChI is InChI=1S/C11H24N2O/c1-3-4-5-6-11(14)13-9-7-12(2)8-10-13/h11,14H,3-10H2,1-2H3. The zero-order chi connectivity index (χ0) is 10.4. The number of piperazine rings is 1. The maximum atomic E-state index is 9.89. The Kier molecular flexibility index (Phi) is 5.45. The molecule has 3 heteroatoms. The lowest BCUT2D eigenvalue weighted by molar-refractivity contribution is -0.0272. The molecule has 1 rings (SSSR count). The fourth-order valence-electron chi connectivity index (χ4n) is 1.88. The van der Waals surface area contributed by atoms with Crippen LogP contribution in [0.25, 0.3) is 0 Å². The first kappa shape index (κ1) is 12.0. The normalized spacial score (nSPS) is 22.5. The second-order valence-electron chi connectivity index (χ2n) is 4.32. The van der Waals surface area contributed by atoms with Crippen LogP contribution in [0.5, 0.6) is 0 Å². The van der Waals surface area contributed by atoms with Gasteiger partial charge in [0.1, 0.15) is 6.23 Å². The van der Waals surface area contributed by atoms with Crippen molar-refractivity contribution < 1.29 is 5.11 Å². The van der Waals surface area contributed by atoms with Crippen LogP contribution in [-0.2, 0) is 0 Å². The quantitative estimate of drug-likeness (QED) is 0.674. The van der Waals surface area contributed by atoms with Gasteiger partial charge in [-0.1, -0.05) is 19.8 Å². The van der Waals surface area contributed by atoms with Crippen molar-refractivity contribution in [1.29, 1.82) is 0 Å². The summed E-state index contributed by atoms with van der Waals surface area (Å²) < 4.78 is 0. The molecule has 0 aromatic rings. The maximum absolute atomic E-state index is 9.89. The van der Waals surface area contributed by atoms with Crippen LogP contribution in [-0.4, -0.2) is 54.4 Å². The molecule has 1 unspecified atom stereocenters. The highest BCUT2D eigenvalue weighted by Crippen LogP contribution is 2.10. The van der Waals surface area contributed by atoms with Crippen LogP contribution in [0.3, 0.4) is 0 Å². The zero-order valence-electron chi connectivity index (χ0n) is 9.58. The van der Waals surface area contributed by atoms with Crippen LogP contribution in [0, 0.1) is 0 Å². The number of rotatable bonds is 5. The SMILES string of the molecule is CCCCCC(O)N1CCN(C)CC1. The van der Waals surface area contributed by atoms with Crippen molar-refractivity contribution in [3.8, 4) is 0 Å². The third-order valence-electron chi connectivity index (χ3n) is 3.03. The van der Waals surface area contributed by atoms with E-state index in [1.54, 1.807) is 0 Å². The summed E-state index contributed by atoms with van der Waals surface area (Å²) in [5.74, 6) is 0. The van der Waals surface area contributed by atoms with E-state index >= 15 is 0 Å². The minimum atomic E-state index is -0.199. The summed E-state index contributed by atoms with van der Waals surface area (Å²) >= 11 is 0. The van der Waals surface area contributed by atoms with Crippen LogP contribution >= 0.6 is 0 Å². The summed E-state index contributed by atoms with van der Waals surface area (Å²) in [6.45, 7) is 6.41. The summed E-state index contributed by atoms with van der Waals surface area (Å²) in [6, 6.07) is 0. The minimum Gasteiger partial charge on any atom is -0.378 e. The van der Waals surface area contributed by atoms with Gasteiger partial charge in [0.2, 0.25) is 0 Å². The number of hydrogen-bond donors (Lipinski definition) is 1. The van der Waals surface area contributed by atoms with E-state index in [-0.39, 0.29) is 6.23 Å². The van der Waals surface area contributed by atoms with Crippen molar-refractivity contribution in [3.05, 3.63) is 0 Å². The minimum absolute atomic E-state index is 0.199. The van der Waals surface area contributed by atoms with Gasteiger partial charge < -0.3 is 10.0 Å². The molecule has 0 aromatic carbocycles. The van der Waals surface area contributed by atoms with Crippen molar-refractivity contribution in [2.75, 3.05) is 33.2 Å². The summed E-state index contributed by atoms with van der Waals surface area (Å²) in [6.07, 6.45) is 4.37.